The van der Waals surface area contributed by atoms with E-state index < -0.39 is 5.91 Å². The molecule has 2 amide bonds. The Morgan fingerprint density at radius 1 is 0.968 bits per heavy atom. The first kappa shape index (κ1) is 22.2. The molecule has 0 spiro atoms. The van der Waals surface area contributed by atoms with E-state index in [2.05, 4.69) is 22.9 Å². The van der Waals surface area contributed by atoms with Gasteiger partial charge in [0, 0.05) is 18.4 Å². The minimum Gasteiger partial charge on any atom is -0.273 e. The number of hydrogen-bond acceptors (Lipinski definition) is 4. The maximum atomic E-state index is 12.8. The summed E-state index contributed by atoms with van der Waals surface area (Å²) in [5.41, 5.74) is 7.00. The van der Waals surface area contributed by atoms with Crippen molar-refractivity contribution in [3.63, 3.8) is 0 Å². The van der Waals surface area contributed by atoms with Crippen LogP contribution in [0.25, 0.3) is 10.8 Å². The zero-order valence-corrected chi connectivity index (χ0v) is 18.0. The Kier molecular flexibility index (Phi) is 7.54. The van der Waals surface area contributed by atoms with Crippen LogP contribution in [0.15, 0.2) is 53.3 Å². The molecule has 31 heavy (non-hydrogen) atoms. The number of benzene rings is 2. The molecule has 0 radical (unpaired) electrons. The third-order valence-electron chi connectivity index (χ3n) is 5.13. The summed E-state index contributed by atoms with van der Waals surface area (Å²) in [5, 5.41) is 5.19. The second-order valence-electron chi connectivity index (χ2n) is 7.62. The van der Waals surface area contributed by atoms with Crippen LogP contribution < -0.4 is 16.4 Å². The van der Waals surface area contributed by atoms with E-state index in [1.807, 2.05) is 31.2 Å². The number of hydrogen-bond donors (Lipinski definition) is 2. The third kappa shape index (κ3) is 5.78. The average molecular weight is 421 g/mol. The van der Waals surface area contributed by atoms with E-state index in [-0.39, 0.29) is 23.6 Å². The molecule has 1 heterocycles. The molecule has 2 aromatic carbocycles. The molecule has 2 N–H and O–H groups in total. The summed E-state index contributed by atoms with van der Waals surface area (Å²) < 4.78 is 1.34. The number of hydrazine groups is 1. The average Bonchev–Trinajstić information content (AvgIpc) is 2.79. The van der Waals surface area contributed by atoms with E-state index in [0.29, 0.717) is 23.7 Å². The van der Waals surface area contributed by atoms with Crippen LogP contribution in [0.2, 0.25) is 0 Å². The highest BCUT2D eigenvalue weighted by Crippen LogP contribution is 2.13. The smallest absolute Gasteiger partial charge is 0.273 e. The van der Waals surface area contributed by atoms with Crippen molar-refractivity contribution >= 4 is 22.6 Å². The summed E-state index contributed by atoms with van der Waals surface area (Å²) in [6, 6.07) is 14.9. The molecule has 0 aliphatic rings. The van der Waals surface area contributed by atoms with Gasteiger partial charge in [-0.25, -0.2) is 4.68 Å². The lowest BCUT2D eigenvalue weighted by Gasteiger charge is -2.12. The van der Waals surface area contributed by atoms with E-state index >= 15 is 0 Å². The van der Waals surface area contributed by atoms with Gasteiger partial charge in [-0.2, -0.15) is 5.10 Å². The summed E-state index contributed by atoms with van der Waals surface area (Å²) in [5.74, 6) is -0.848. The topological polar surface area (TPSA) is 93.1 Å². The van der Waals surface area contributed by atoms with Gasteiger partial charge in [0.05, 0.1) is 5.39 Å². The van der Waals surface area contributed by atoms with Gasteiger partial charge in [0.25, 0.3) is 11.5 Å². The van der Waals surface area contributed by atoms with Gasteiger partial charge >= 0.3 is 0 Å². The first-order chi connectivity index (χ1) is 15.0. The Morgan fingerprint density at radius 2 is 1.68 bits per heavy atom. The van der Waals surface area contributed by atoms with Crippen LogP contribution in [-0.2, 0) is 17.8 Å². The van der Waals surface area contributed by atoms with E-state index in [1.54, 1.807) is 24.3 Å². The minimum atomic E-state index is -0.552. The highest BCUT2D eigenvalue weighted by molar-refractivity contribution is 6.05. The van der Waals surface area contributed by atoms with Gasteiger partial charge in [-0.15, -0.1) is 0 Å². The molecule has 0 bridgehead atoms. The molecule has 162 valence electrons. The van der Waals surface area contributed by atoms with Crippen LogP contribution >= 0.6 is 0 Å². The normalized spacial score (nSPS) is 10.8. The van der Waals surface area contributed by atoms with Gasteiger partial charge < -0.3 is 0 Å². The number of amides is 2. The predicted octanol–water partition coefficient (Wildman–Crippen LogP) is 3.29. The van der Waals surface area contributed by atoms with Crippen molar-refractivity contribution < 1.29 is 9.59 Å². The number of aryl methyl sites for hydroxylation is 3. The lowest BCUT2D eigenvalue weighted by atomic mass is 10.1. The standard InChI is InChI=1S/C24H28N4O3/c1-3-4-7-16-28-24(31)20-9-6-5-8-19(20)22(27-28)23(30)26-25-21(29)15-14-18-12-10-17(2)11-13-18/h5-6,8-13H,3-4,7,14-16H2,1-2H3,(H,25,29)(H,26,30). The number of nitrogens with one attached hydrogen (secondary N) is 2. The molecule has 3 aromatic rings. The van der Waals surface area contributed by atoms with Crippen molar-refractivity contribution in [1.29, 1.82) is 0 Å². The Hall–Kier alpha value is -3.48. The fraction of sp³-hybridized carbons (Fsp3) is 0.333. The quantitative estimate of drug-likeness (QED) is 0.432. The number of unbranched alkanes of at least 4 members (excludes halogenated alkanes) is 2. The fourth-order valence-corrected chi connectivity index (χ4v) is 3.33. The van der Waals surface area contributed by atoms with Crippen molar-refractivity contribution in [2.24, 2.45) is 0 Å². The largest absolute Gasteiger partial charge is 0.290 e. The van der Waals surface area contributed by atoms with Gasteiger partial charge in [0.1, 0.15) is 0 Å². The molecule has 0 saturated carbocycles. The molecule has 0 unspecified atom stereocenters. The Labute approximate surface area is 181 Å². The van der Waals surface area contributed by atoms with E-state index in [0.717, 1.165) is 30.4 Å². The number of nitrogens with zero attached hydrogens (tertiary/aromatic N) is 2. The lowest BCUT2D eigenvalue weighted by Crippen LogP contribution is -2.43. The maximum absolute atomic E-state index is 12.8. The molecule has 1 aromatic heterocycles. The summed E-state index contributed by atoms with van der Waals surface area (Å²) in [6.45, 7) is 4.54. The Balaban J connectivity index is 1.69. The Morgan fingerprint density at radius 3 is 2.39 bits per heavy atom. The lowest BCUT2D eigenvalue weighted by molar-refractivity contribution is -0.121. The van der Waals surface area contributed by atoms with Crippen LogP contribution in [0.1, 0.15) is 54.2 Å². The SMILES string of the molecule is CCCCCn1nc(C(=O)NNC(=O)CCc2ccc(C)cc2)c2ccccc2c1=O. The Bertz CT molecular complexity index is 1120. The number of fused-ring (bicyclic) bond motifs is 1. The maximum Gasteiger partial charge on any atom is 0.290 e. The van der Waals surface area contributed by atoms with Crippen molar-refractivity contribution in [1.82, 2.24) is 20.6 Å². The second-order valence-corrected chi connectivity index (χ2v) is 7.62. The van der Waals surface area contributed by atoms with Crippen molar-refractivity contribution in [2.45, 2.75) is 52.5 Å². The van der Waals surface area contributed by atoms with Gasteiger partial charge in [-0.1, -0.05) is 67.8 Å². The monoisotopic (exact) mass is 420 g/mol. The van der Waals surface area contributed by atoms with Crippen LogP contribution in [0.4, 0.5) is 0 Å². The predicted molar refractivity (Wildman–Crippen MR) is 121 cm³/mol. The van der Waals surface area contributed by atoms with E-state index in [4.69, 9.17) is 0 Å². The van der Waals surface area contributed by atoms with Crippen LogP contribution in [0.5, 0.6) is 0 Å². The van der Waals surface area contributed by atoms with Gasteiger partial charge in [0.15, 0.2) is 5.69 Å². The highest BCUT2D eigenvalue weighted by Gasteiger charge is 2.17. The summed E-state index contributed by atoms with van der Waals surface area (Å²) in [4.78, 5) is 37.6. The second kappa shape index (κ2) is 10.5. The zero-order chi connectivity index (χ0) is 22.2. The summed E-state index contributed by atoms with van der Waals surface area (Å²) >= 11 is 0. The number of aromatic nitrogens is 2. The van der Waals surface area contributed by atoms with Crippen molar-refractivity contribution in [2.75, 3.05) is 0 Å². The first-order valence-corrected chi connectivity index (χ1v) is 10.6. The molecule has 0 atom stereocenters. The molecule has 7 nitrogen and oxygen atoms in total. The molecule has 0 aliphatic heterocycles. The number of carbonyl (C=O) groups is 2. The van der Waals surface area contributed by atoms with Crippen LogP contribution in [0, 0.1) is 6.92 Å². The molecule has 3 rings (SSSR count). The van der Waals surface area contributed by atoms with Crippen molar-refractivity contribution in [3.8, 4) is 0 Å². The van der Waals surface area contributed by atoms with Gasteiger partial charge in [-0.05, 0) is 31.4 Å². The molecule has 7 heteroatoms. The molecular formula is C24H28N4O3. The van der Waals surface area contributed by atoms with Gasteiger partial charge in [-0.3, -0.25) is 25.2 Å². The van der Waals surface area contributed by atoms with Crippen molar-refractivity contribution in [3.05, 3.63) is 75.7 Å². The molecular weight excluding hydrogens is 392 g/mol. The van der Waals surface area contributed by atoms with E-state index in [1.165, 1.54) is 4.68 Å². The van der Waals surface area contributed by atoms with Crippen LogP contribution in [0.3, 0.4) is 0 Å². The fourth-order valence-electron chi connectivity index (χ4n) is 3.33. The zero-order valence-electron chi connectivity index (χ0n) is 18.0. The minimum absolute atomic E-state index is 0.116. The molecule has 0 aliphatic carbocycles. The number of carbonyl (C=O) groups excluding carboxylic acids is 2. The van der Waals surface area contributed by atoms with Crippen LogP contribution in [-0.4, -0.2) is 21.6 Å². The summed E-state index contributed by atoms with van der Waals surface area (Å²) in [6.07, 6.45) is 3.61. The molecule has 0 fully saturated rings. The third-order valence-corrected chi connectivity index (χ3v) is 5.13. The number of rotatable bonds is 8. The summed E-state index contributed by atoms with van der Waals surface area (Å²) in [7, 11) is 0. The van der Waals surface area contributed by atoms with Gasteiger partial charge in [0.2, 0.25) is 5.91 Å². The first-order valence-electron chi connectivity index (χ1n) is 10.6. The van der Waals surface area contributed by atoms with E-state index in [9.17, 15) is 14.4 Å². The molecule has 0 saturated heterocycles. The highest BCUT2D eigenvalue weighted by atomic mass is 16.2.